The third kappa shape index (κ3) is 3.49. The Kier molecular flexibility index (Phi) is 6.00. The SMILES string of the molecule is C=CC[Si](C)(CC=C)N(CC)CC. The van der Waals surface area contributed by atoms with Crippen LogP contribution in [0.5, 0.6) is 0 Å². The molecule has 0 N–H and O–H groups in total. The fraction of sp³-hybridized carbons (Fsp3) is 0.636. The molecule has 2 heteroatoms. The number of hydrogen-bond acceptors (Lipinski definition) is 1. The van der Waals surface area contributed by atoms with Crippen molar-refractivity contribution >= 4 is 8.24 Å². The lowest BCUT2D eigenvalue weighted by molar-refractivity contribution is 0.464. The van der Waals surface area contributed by atoms with E-state index in [1.165, 1.54) is 12.1 Å². The monoisotopic (exact) mass is 197 g/mol. The average molecular weight is 197 g/mol. The highest BCUT2D eigenvalue weighted by atomic mass is 28.3. The van der Waals surface area contributed by atoms with Crippen molar-refractivity contribution in [3.63, 3.8) is 0 Å². The highest BCUT2D eigenvalue weighted by Gasteiger charge is 2.29. The molecule has 0 amide bonds. The third-order valence-corrected chi connectivity index (χ3v) is 7.19. The van der Waals surface area contributed by atoms with E-state index in [1.54, 1.807) is 0 Å². The van der Waals surface area contributed by atoms with Gasteiger partial charge in [-0.25, -0.2) is 0 Å². The van der Waals surface area contributed by atoms with Gasteiger partial charge in [0.25, 0.3) is 0 Å². The van der Waals surface area contributed by atoms with Crippen molar-refractivity contribution in [2.45, 2.75) is 32.5 Å². The van der Waals surface area contributed by atoms with Crippen molar-refractivity contribution in [2.75, 3.05) is 13.1 Å². The predicted octanol–water partition coefficient (Wildman–Crippen LogP) is 3.28. The zero-order valence-electron chi connectivity index (χ0n) is 9.34. The molecule has 0 heterocycles. The first-order valence-corrected chi connectivity index (χ1v) is 7.97. The van der Waals surface area contributed by atoms with Gasteiger partial charge in [0.2, 0.25) is 0 Å². The minimum Gasteiger partial charge on any atom is -0.324 e. The van der Waals surface area contributed by atoms with Gasteiger partial charge in [0, 0.05) is 0 Å². The zero-order valence-corrected chi connectivity index (χ0v) is 10.3. The van der Waals surface area contributed by atoms with Crippen LogP contribution in [0.3, 0.4) is 0 Å². The van der Waals surface area contributed by atoms with Crippen molar-refractivity contribution in [3.8, 4) is 0 Å². The number of nitrogens with zero attached hydrogens (tertiary/aromatic N) is 1. The topological polar surface area (TPSA) is 3.24 Å². The second-order valence-electron chi connectivity index (χ2n) is 3.65. The van der Waals surface area contributed by atoms with Crippen LogP contribution in [0, 0.1) is 0 Å². The second-order valence-corrected chi connectivity index (χ2v) is 8.10. The molecule has 0 fully saturated rings. The van der Waals surface area contributed by atoms with Crippen LogP contribution in [0.2, 0.25) is 18.6 Å². The molecular weight excluding hydrogens is 174 g/mol. The summed E-state index contributed by atoms with van der Waals surface area (Å²) in [5.41, 5.74) is 0. The Labute approximate surface area is 84.2 Å². The first-order chi connectivity index (χ1) is 6.14. The molecule has 0 radical (unpaired) electrons. The molecule has 0 rings (SSSR count). The van der Waals surface area contributed by atoms with Crippen LogP contribution >= 0.6 is 0 Å². The molecule has 0 aromatic heterocycles. The summed E-state index contributed by atoms with van der Waals surface area (Å²) < 4.78 is 2.61. The standard InChI is InChI=1S/C11H23NSi/c1-6-10-13(5,11-7-2)12(8-3)9-4/h6-7H,1-2,8-11H2,3-5H3. The Balaban J connectivity index is 4.50. The summed E-state index contributed by atoms with van der Waals surface area (Å²) in [4.78, 5) is 0. The van der Waals surface area contributed by atoms with Gasteiger partial charge in [0.15, 0.2) is 0 Å². The predicted molar refractivity (Wildman–Crippen MR) is 64.5 cm³/mol. The van der Waals surface area contributed by atoms with E-state index in [-0.39, 0.29) is 0 Å². The van der Waals surface area contributed by atoms with Crippen molar-refractivity contribution in [2.24, 2.45) is 0 Å². The maximum Gasteiger partial charge on any atom is 0.132 e. The van der Waals surface area contributed by atoms with Crippen LogP contribution in [-0.4, -0.2) is 25.9 Å². The molecular formula is C11H23NSi. The van der Waals surface area contributed by atoms with Gasteiger partial charge < -0.3 is 4.57 Å². The van der Waals surface area contributed by atoms with Gasteiger partial charge in [-0.2, -0.15) is 0 Å². The van der Waals surface area contributed by atoms with Gasteiger partial charge in [-0.3, -0.25) is 0 Å². The summed E-state index contributed by atoms with van der Waals surface area (Å²) in [5, 5.41) is 0. The molecule has 0 aromatic rings. The molecule has 0 saturated heterocycles. The van der Waals surface area contributed by atoms with Crippen molar-refractivity contribution in [1.29, 1.82) is 0 Å². The molecule has 0 saturated carbocycles. The first-order valence-electron chi connectivity index (χ1n) is 5.11. The molecule has 1 nitrogen and oxygen atoms in total. The maximum atomic E-state index is 3.85. The van der Waals surface area contributed by atoms with E-state index < -0.39 is 8.24 Å². The van der Waals surface area contributed by atoms with Gasteiger partial charge >= 0.3 is 0 Å². The second kappa shape index (κ2) is 6.16. The summed E-state index contributed by atoms with van der Waals surface area (Å²) in [6.07, 6.45) is 4.13. The summed E-state index contributed by atoms with van der Waals surface area (Å²) >= 11 is 0. The average Bonchev–Trinajstić information content (AvgIpc) is 2.07. The normalized spacial score (nSPS) is 11.7. The highest BCUT2D eigenvalue weighted by molar-refractivity contribution is 6.76. The molecule has 0 aliphatic carbocycles. The fourth-order valence-electron chi connectivity index (χ4n) is 1.95. The van der Waals surface area contributed by atoms with Crippen LogP contribution in [0.1, 0.15) is 13.8 Å². The maximum absolute atomic E-state index is 3.85. The minimum atomic E-state index is -1.28. The molecule has 0 atom stereocenters. The van der Waals surface area contributed by atoms with E-state index in [4.69, 9.17) is 0 Å². The summed E-state index contributed by atoms with van der Waals surface area (Å²) in [6.45, 7) is 16.9. The van der Waals surface area contributed by atoms with Gasteiger partial charge in [0.1, 0.15) is 8.24 Å². The fourth-order valence-corrected chi connectivity index (χ4v) is 5.40. The van der Waals surface area contributed by atoms with E-state index >= 15 is 0 Å². The van der Waals surface area contributed by atoms with Gasteiger partial charge in [-0.05, 0) is 25.2 Å². The van der Waals surface area contributed by atoms with Crippen molar-refractivity contribution < 1.29 is 0 Å². The molecule has 76 valence electrons. The molecule has 0 aliphatic heterocycles. The van der Waals surface area contributed by atoms with E-state index in [2.05, 4.69) is 50.3 Å². The lowest BCUT2D eigenvalue weighted by Gasteiger charge is -2.37. The Morgan fingerprint density at radius 2 is 1.46 bits per heavy atom. The largest absolute Gasteiger partial charge is 0.324 e. The van der Waals surface area contributed by atoms with Crippen molar-refractivity contribution in [3.05, 3.63) is 25.3 Å². The van der Waals surface area contributed by atoms with E-state index in [1.807, 2.05) is 0 Å². The van der Waals surface area contributed by atoms with Crippen LogP contribution in [0.25, 0.3) is 0 Å². The van der Waals surface area contributed by atoms with Crippen LogP contribution in [0.15, 0.2) is 25.3 Å². The Bertz CT molecular complexity index is 151. The van der Waals surface area contributed by atoms with Gasteiger partial charge in [0.05, 0.1) is 0 Å². The molecule has 0 bridgehead atoms. The molecule has 0 unspecified atom stereocenters. The summed E-state index contributed by atoms with van der Waals surface area (Å²) in [7, 11) is -1.28. The molecule has 13 heavy (non-hydrogen) atoms. The molecule has 0 spiro atoms. The van der Waals surface area contributed by atoms with Crippen molar-refractivity contribution in [1.82, 2.24) is 4.57 Å². The minimum absolute atomic E-state index is 1.15. The van der Waals surface area contributed by atoms with Crippen LogP contribution < -0.4 is 0 Å². The Morgan fingerprint density at radius 3 is 1.69 bits per heavy atom. The van der Waals surface area contributed by atoms with E-state index in [0.29, 0.717) is 0 Å². The third-order valence-electron chi connectivity index (χ3n) is 2.70. The number of rotatable bonds is 7. The smallest absolute Gasteiger partial charge is 0.132 e. The number of allylic oxidation sites excluding steroid dienone is 2. The Hall–Kier alpha value is -0.343. The summed E-state index contributed by atoms with van der Waals surface area (Å²) in [6, 6.07) is 2.33. The molecule has 0 aromatic carbocycles. The number of hydrogen-bond donors (Lipinski definition) is 0. The lowest BCUT2D eigenvalue weighted by Crippen LogP contribution is -2.50. The summed E-state index contributed by atoms with van der Waals surface area (Å²) in [5.74, 6) is 0. The highest BCUT2D eigenvalue weighted by Crippen LogP contribution is 2.21. The lowest BCUT2D eigenvalue weighted by atomic mass is 10.7. The first kappa shape index (κ1) is 12.7. The Morgan fingerprint density at radius 1 is 1.08 bits per heavy atom. The van der Waals surface area contributed by atoms with Crippen LogP contribution in [-0.2, 0) is 0 Å². The van der Waals surface area contributed by atoms with Gasteiger partial charge in [-0.1, -0.05) is 32.5 Å². The van der Waals surface area contributed by atoms with E-state index in [9.17, 15) is 0 Å². The van der Waals surface area contributed by atoms with Gasteiger partial charge in [-0.15, -0.1) is 13.2 Å². The van der Waals surface area contributed by atoms with E-state index in [0.717, 1.165) is 13.1 Å². The zero-order chi connectivity index (χ0) is 10.3. The quantitative estimate of drug-likeness (QED) is 0.447. The van der Waals surface area contributed by atoms with Crippen LogP contribution in [0.4, 0.5) is 0 Å². The molecule has 0 aliphatic rings.